The first-order chi connectivity index (χ1) is 12.7. The second-order valence-corrected chi connectivity index (χ2v) is 7.52. The van der Waals surface area contributed by atoms with Crippen molar-refractivity contribution in [3.05, 3.63) is 17.7 Å². The molecule has 2 aliphatic carbocycles. The highest BCUT2D eigenvalue weighted by Gasteiger charge is 2.35. The maximum absolute atomic E-state index is 13.3. The molecule has 0 spiro atoms. The average Bonchev–Trinajstić information content (AvgIpc) is 3.33. The van der Waals surface area contributed by atoms with Gasteiger partial charge in [-0.1, -0.05) is 48.8 Å². The van der Waals surface area contributed by atoms with E-state index in [1.54, 1.807) is 13.0 Å². The van der Waals surface area contributed by atoms with Crippen molar-refractivity contribution < 1.29 is 13.8 Å². The Morgan fingerprint density at radius 1 is 0.962 bits per heavy atom. The number of hydrogen-bond acceptors (Lipinski definition) is 6. The summed E-state index contributed by atoms with van der Waals surface area (Å²) >= 11 is 0. The molecular formula is C19H26N4O3. The zero-order valence-corrected chi connectivity index (χ0v) is 15.3. The van der Waals surface area contributed by atoms with Gasteiger partial charge in [0, 0.05) is 18.2 Å². The molecule has 26 heavy (non-hydrogen) atoms. The van der Waals surface area contributed by atoms with E-state index >= 15 is 0 Å². The normalized spacial score (nSPS) is 19.6. The molecule has 0 atom stereocenters. The van der Waals surface area contributed by atoms with Gasteiger partial charge in [-0.05, 0) is 32.6 Å². The predicted octanol–water partition coefficient (Wildman–Crippen LogP) is 4.14. The summed E-state index contributed by atoms with van der Waals surface area (Å²) in [7, 11) is 0. The van der Waals surface area contributed by atoms with E-state index in [1.807, 2.05) is 0 Å². The van der Waals surface area contributed by atoms with Crippen LogP contribution >= 0.6 is 0 Å². The van der Waals surface area contributed by atoms with Gasteiger partial charge in [-0.15, -0.1) is 0 Å². The molecule has 2 aromatic heterocycles. The van der Waals surface area contributed by atoms with E-state index in [-0.39, 0.29) is 17.6 Å². The Morgan fingerprint density at radius 2 is 1.58 bits per heavy atom. The summed E-state index contributed by atoms with van der Waals surface area (Å²) in [4.78, 5) is 19.6. The summed E-state index contributed by atoms with van der Waals surface area (Å²) in [5.74, 6) is 1.04. The third-order valence-electron chi connectivity index (χ3n) is 5.64. The summed E-state index contributed by atoms with van der Waals surface area (Å²) in [6.45, 7) is 1.74. The van der Waals surface area contributed by atoms with Crippen molar-refractivity contribution in [1.82, 2.24) is 20.2 Å². The monoisotopic (exact) mass is 358 g/mol. The lowest BCUT2D eigenvalue weighted by Crippen LogP contribution is -2.48. The molecular weight excluding hydrogens is 332 g/mol. The lowest BCUT2D eigenvalue weighted by Gasteiger charge is -2.41. The summed E-state index contributed by atoms with van der Waals surface area (Å²) in [5, 5.41) is 7.74. The largest absolute Gasteiger partial charge is 0.350 e. The molecule has 4 rings (SSSR count). The van der Waals surface area contributed by atoms with Crippen LogP contribution < -0.4 is 0 Å². The third kappa shape index (κ3) is 3.52. The van der Waals surface area contributed by atoms with Gasteiger partial charge >= 0.3 is 0 Å². The van der Waals surface area contributed by atoms with Crippen LogP contribution in [0.15, 0.2) is 15.1 Å². The first-order valence-electron chi connectivity index (χ1n) is 9.82. The van der Waals surface area contributed by atoms with E-state index in [0.717, 1.165) is 25.7 Å². The third-order valence-corrected chi connectivity index (χ3v) is 5.64. The molecule has 0 aromatic carbocycles. The lowest BCUT2D eigenvalue weighted by molar-refractivity contribution is 0.0409. The van der Waals surface area contributed by atoms with Crippen LogP contribution in [-0.2, 0) is 0 Å². The summed E-state index contributed by atoms with van der Waals surface area (Å²) < 4.78 is 10.5. The van der Waals surface area contributed by atoms with Crippen LogP contribution in [0.5, 0.6) is 0 Å². The highest BCUT2D eigenvalue weighted by molar-refractivity contribution is 5.92. The minimum absolute atomic E-state index is 0.0428. The minimum atomic E-state index is -0.0428. The molecule has 0 radical (unpaired) electrons. The van der Waals surface area contributed by atoms with E-state index in [0.29, 0.717) is 23.6 Å². The van der Waals surface area contributed by atoms with Crippen LogP contribution in [0.3, 0.4) is 0 Å². The fourth-order valence-electron chi connectivity index (χ4n) is 4.35. The van der Waals surface area contributed by atoms with E-state index in [1.165, 1.54) is 38.5 Å². The number of amides is 1. The molecule has 0 unspecified atom stereocenters. The second-order valence-electron chi connectivity index (χ2n) is 7.52. The molecule has 2 heterocycles. The minimum Gasteiger partial charge on any atom is -0.350 e. The van der Waals surface area contributed by atoms with Crippen LogP contribution in [0.4, 0.5) is 0 Å². The number of carbonyl (C=O) groups excluding carboxylic acids is 1. The van der Waals surface area contributed by atoms with E-state index < -0.39 is 0 Å². The van der Waals surface area contributed by atoms with Crippen molar-refractivity contribution in [3.63, 3.8) is 0 Å². The molecule has 0 bridgehead atoms. The molecule has 7 nitrogen and oxygen atoms in total. The van der Waals surface area contributed by atoms with Crippen molar-refractivity contribution in [1.29, 1.82) is 0 Å². The van der Waals surface area contributed by atoms with E-state index in [2.05, 4.69) is 20.2 Å². The molecule has 140 valence electrons. The standard InChI is InChI=1S/C19H26N4O3/c1-13-20-18(26-21-13)16-12-17(25-22-16)19(24)23(14-8-4-2-5-9-14)15-10-6-3-7-11-15/h12,14-15H,2-11H2,1H3. The van der Waals surface area contributed by atoms with Crippen molar-refractivity contribution in [3.8, 4) is 11.6 Å². The zero-order chi connectivity index (χ0) is 17.9. The fourth-order valence-corrected chi connectivity index (χ4v) is 4.35. The Balaban J connectivity index is 1.58. The number of nitrogens with zero attached hydrogens (tertiary/aromatic N) is 4. The molecule has 2 fully saturated rings. The van der Waals surface area contributed by atoms with Crippen molar-refractivity contribution in [2.45, 2.75) is 83.2 Å². The Labute approximate surface area is 153 Å². The average molecular weight is 358 g/mol. The lowest BCUT2D eigenvalue weighted by atomic mass is 9.88. The Bertz CT molecular complexity index is 724. The molecule has 0 aliphatic heterocycles. The quantitative estimate of drug-likeness (QED) is 0.816. The smallest absolute Gasteiger partial charge is 0.292 e. The van der Waals surface area contributed by atoms with Crippen molar-refractivity contribution >= 4 is 5.91 Å². The van der Waals surface area contributed by atoms with Gasteiger partial charge in [0.2, 0.25) is 5.76 Å². The molecule has 7 heteroatoms. The summed E-state index contributed by atoms with van der Waals surface area (Å²) in [6.07, 6.45) is 11.7. The summed E-state index contributed by atoms with van der Waals surface area (Å²) in [6, 6.07) is 2.27. The number of carbonyl (C=O) groups is 1. The maximum Gasteiger partial charge on any atom is 0.292 e. The molecule has 2 aliphatic rings. The fraction of sp³-hybridized carbons (Fsp3) is 0.684. The second kappa shape index (κ2) is 7.60. The number of aromatic nitrogens is 3. The highest BCUT2D eigenvalue weighted by Crippen LogP contribution is 2.32. The molecule has 1 amide bonds. The van der Waals surface area contributed by atoms with Gasteiger partial charge in [-0.25, -0.2) is 0 Å². The van der Waals surface area contributed by atoms with Crippen LogP contribution in [-0.4, -0.2) is 38.2 Å². The SMILES string of the molecule is Cc1noc(-c2cc(C(=O)N(C3CCCCC3)C3CCCCC3)on2)n1. The van der Waals surface area contributed by atoms with Gasteiger partial charge in [-0.3, -0.25) is 4.79 Å². The van der Waals surface area contributed by atoms with Gasteiger partial charge < -0.3 is 13.9 Å². The van der Waals surface area contributed by atoms with Crippen LogP contribution in [0.25, 0.3) is 11.6 Å². The van der Waals surface area contributed by atoms with E-state index in [9.17, 15) is 4.79 Å². The van der Waals surface area contributed by atoms with Crippen molar-refractivity contribution in [2.24, 2.45) is 0 Å². The van der Waals surface area contributed by atoms with Crippen LogP contribution in [0, 0.1) is 6.92 Å². The van der Waals surface area contributed by atoms with E-state index in [4.69, 9.17) is 9.05 Å². The first-order valence-corrected chi connectivity index (χ1v) is 9.82. The Hall–Kier alpha value is -2.18. The topological polar surface area (TPSA) is 85.3 Å². The highest BCUT2D eigenvalue weighted by atomic mass is 16.5. The zero-order valence-electron chi connectivity index (χ0n) is 15.3. The van der Waals surface area contributed by atoms with Gasteiger partial charge in [0.05, 0.1) is 0 Å². The van der Waals surface area contributed by atoms with Gasteiger partial charge in [0.15, 0.2) is 11.5 Å². The Morgan fingerprint density at radius 3 is 2.12 bits per heavy atom. The molecule has 0 saturated heterocycles. The predicted molar refractivity (Wildman–Crippen MR) is 94.4 cm³/mol. The molecule has 2 saturated carbocycles. The number of aryl methyl sites for hydroxylation is 1. The number of rotatable bonds is 4. The molecule has 0 N–H and O–H groups in total. The van der Waals surface area contributed by atoms with Gasteiger partial charge in [-0.2, -0.15) is 4.98 Å². The molecule has 2 aromatic rings. The van der Waals surface area contributed by atoms with Crippen LogP contribution in [0.2, 0.25) is 0 Å². The van der Waals surface area contributed by atoms with Crippen molar-refractivity contribution in [2.75, 3.05) is 0 Å². The van der Waals surface area contributed by atoms with Gasteiger partial charge in [0.25, 0.3) is 11.8 Å². The van der Waals surface area contributed by atoms with Gasteiger partial charge in [0.1, 0.15) is 0 Å². The maximum atomic E-state index is 13.3. The van der Waals surface area contributed by atoms with Crippen LogP contribution in [0.1, 0.15) is 80.6 Å². The number of hydrogen-bond donors (Lipinski definition) is 0. The summed E-state index contributed by atoms with van der Waals surface area (Å²) in [5.41, 5.74) is 0.418. The first kappa shape index (κ1) is 17.2. The Kier molecular flexibility index (Phi) is 5.04.